The summed E-state index contributed by atoms with van der Waals surface area (Å²) in [5.74, 6) is 0.919. The Morgan fingerprint density at radius 1 is 1.09 bits per heavy atom. The number of carbonyl (C=O) groups is 2. The lowest BCUT2D eigenvalue weighted by Gasteiger charge is -2.37. The van der Waals surface area contributed by atoms with Crippen molar-refractivity contribution >= 4 is 11.8 Å². The predicted octanol–water partition coefficient (Wildman–Crippen LogP) is 0.727. The summed E-state index contributed by atoms with van der Waals surface area (Å²) < 4.78 is 5.85. The van der Waals surface area contributed by atoms with Gasteiger partial charge in [0.05, 0.1) is 25.2 Å². The zero-order valence-corrected chi connectivity index (χ0v) is 13.6. The van der Waals surface area contributed by atoms with E-state index in [-0.39, 0.29) is 36.5 Å². The fourth-order valence-electron chi connectivity index (χ4n) is 3.28. The molecule has 3 rings (SSSR count). The van der Waals surface area contributed by atoms with Crippen LogP contribution in [0.15, 0.2) is 0 Å². The summed E-state index contributed by atoms with van der Waals surface area (Å²) in [6.07, 6.45) is 6.75. The van der Waals surface area contributed by atoms with Gasteiger partial charge < -0.3 is 20.5 Å². The molecule has 0 aromatic carbocycles. The fourth-order valence-corrected chi connectivity index (χ4v) is 3.28. The molecule has 23 heavy (non-hydrogen) atoms. The molecule has 6 nitrogen and oxygen atoms in total. The topological polar surface area (TPSA) is 87.7 Å². The predicted molar refractivity (Wildman–Crippen MR) is 84.6 cm³/mol. The van der Waals surface area contributed by atoms with Crippen LogP contribution < -0.4 is 10.6 Å². The normalized spacial score (nSPS) is 31.3. The zero-order chi connectivity index (χ0) is 16.2. The SMILES string of the molecule is O=C(C[C@H]1CC[C@@H](NC(=O)C2CCC2)[C@H](CO)O1)NCC1CC1. The molecule has 3 aliphatic rings. The fraction of sp³-hybridized carbons (Fsp3) is 0.882. The Hall–Kier alpha value is -1.14. The minimum absolute atomic E-state index is 0.0237. The first kappa shape index (κ1) is 16.7. The van der Waals surface area contributed by atoms with Gasteiger partial charge in [-0.3, -0.25) is 9.59 Å². The Morgan fingerprint density at radius 2 is 1.87 bits per heavy atom. The number of amides is 2. The van der Waals surface area contributed by atoms with Gasteiger partial charge in [-0.2, -0.15) is 0 Å². The molecule has 1 aliphatic heterocycles. The van der Waals surface area contributed by atoms with Crippen LogP contribution in [-0.2, 0) is 14.3 Å². The summed E-state index contributed by atoms with van der Waals surface area (Å²) >= 11 is 0. The monoisotopic (exact) mass is 324 g/mol. The van der Waals surface area contributed by atoms with Crippen molar-refractivity contribution in [2.24, 2.45) is 11.8 Å². The van der Waals surface area contributed by atoms with Crippen LogP contribution in [0.25, 0.3) is 0 Å². The molecular weight excluding hydrogens is 296 g/mol. The Morgan fingerprint density at radius 3 is 2.48 bits per heavy atom. The smallest absolute Gasteiger partial charge is 0.223 e. The molecule has 1 saturated heterocycles. The minimum Gasteiger partial charge on any atom is -0.394 e. The highest BCUT2D eigenvalue weighted by atomic mass is 16.5. The summed E-state index contributed by atoms with van der Waals surface area (Å²) in [7, 11) is 0. The van der Waals surface area contributed by atoms with Crippen LogP contribution in [0.2, 0.25) is 0 Å². The van der Waals surface area contributed by atoms with Crippen molar-refractivity contribution in [2.45, 2.75) is 69.6 Å². The molecule has 0 aromatic heterocycles. The van der Waals surface area contributed by atoms with Crippen molar-refractivity contribution in [1.29, 1.82) is 0 Å². The van der Waals surface area contributed by atoms with Crippen LogP contribution in [0, 0.1) is 11.8 Å². The molecule has 6 heteroatoms. The number of aliphatic hydroxyl groups is 1. The Kier molecular flexibility index (Phi) is 5.54. The average molecular weight is 324 g/mol. The van der Waals surface area contributed by atoms with Crippen LogP contribution in [0.5, 0.6) is 0 Å². The molecule has 0 spiro atoms. The van der Waals surface area contributed by atoms with Crippen molar-refractivity contribution in [3.05, 3.63) is 0 Å². The van der Waals surface area contributed by atoms with Gasteiger partial charge in [0.1, 0.15) is 6.10 Å². The third-order valence-electron chi connectivity index (χ3n) is 5.30. The van der Waals surface area contributed by atoms with Crippen LogP contribution in [0.4, 0.5) is 0 Å². The lowest BCUT2D eigenvalue weighted by atomic mass is 9.84. The Bertz CT molecular complexity index is 434. The van der Waals surface area contributed by atoms with E-state index in [9.17, 15) is 14.7 Å². The van der Waals surface area contributed by atoms with E-state index in [1.807, 2.05) is 0 Å². The summed E-state index contributed by atoms with van der Waals surface area (Å²) in [6.45, 7) is 0.644. The largest absolute Gasteiger partial charge is 0.394 e. The molecule has 3 atom stereocenters. The van der Waals surface area contributed by atoms with Crippen LogP contribution >= 0.6 is 0 Å². The molecule has 0 unspecified atom stereocenters. The molecular formula is C17H28N2O4. The van der Waals surface area contributed by atoms with E-state index in [4.69, 9.17) is 4.74 Å². The van der Waals surface area contributed by atoms with Crippen molar-refractivity contribution in [3.63, 3.8) is 0 Å². The van der Waals surface area contributed by atoms with E-state index < -0.39 is 6.10 Å². The van der Waals surface area contributed by atoms with Gasteiger partial charge in [0.15, 0.2) is 0 Å². The molecule has 3 N–H and O–H groups in total. The van der Waals surface area contributed by atoms with Gasteiger partial charge >= 0.3 is 0 Å². The highest BCUT2D eigenvalue weighted by Crippen LogP contribution is 2.29. The Balaban J connectivity index is 1.41. The first-order valence-electron chi connectivity index (χ1n) is 8.99. The summed E-state index contributed by atoms with van der Waals surface area (Å²) in [6, 6.07) is -0.140. The summed E-state index contributed by atoms with van der Waals surface area (Å²) in [5.41, 5.74) is 0. The maximum Gasteiger partial charge on any atom is 0.223 e. The summed E-state index contributed by atoms with van der Waals surface area (Å²) in [5, 5.41) is 15.5. The number of nitrogens with one attached hydrogen (secondary N) is 2. The van der Waals surface area contributed by atoms with E-state index in [0.717, 1.165) is 38.6 Å². The van der Waals surface area contributed by atoms with Crippen molar-refractivity contribution in [3.8, 4) is 0 Å². The van der Waals surface area contributed by atoms with E-state index in [0.29, 0.717) is 12.3 Å². The van der Waals surface area contributed by atoms with Gasteiger partial charge in [0.2, 0.25) is 11.8 Å². The second kappa shape index (κ2) is 7.62. The summed E-state index contributed by atoms with van der Waals surface area (Å²) in [4.78, 5) is 24.0. The third kappa shape index (κ3) is 4.67. The second-order valence-electron chi connectivity index (χ2n) is 7.25. The van der Waals surface area contributed by atoms with E-state index in [2.05, 4.69) is 10.6 Å². The lowest BCUT2D eigenvalue weighted by Crippen LogP contribution is -2.53. The van der Waals surface area contributed by atoms with Gasteiger partial charge in [-0.1, -0.05) is 6.42 Å². The van der Waals surface area contributed by atoms with Gasteiger partial charge in [0, 0.05) is 12.5 Å². The molecule has 2 aliphatic carbocycles. The lowest BCUT2D eigenvalue weighted by molar-refractivity contribution is -0.138. The molecule has 2 amide bonds. The molecule has 0 bridgehead atoms. The number of hydrogen-bond donors (Lipinski definition) is 3. The highest BCUT2D eigenvalue weighted by Gasteiger charge is 2.35. The van der Waals surface area contributed by atoms with Gasteiger partial charge in [-0.25, -0.2) is 0 Å². The van der Waals surface area contributed by atoms with E-state index in [1.165, 1.54) is 12.8 Å². The van der Waals surface area contributed by atoms with Crippen LogP contribution in [-0.4, -0.2) is 48.3 Å². The van der Waals surface area contributed by atoms with Gasteiger partial charge in [-0.15, -0.1) is 0 Å². The highest BCUT2D eigenvalue weighted by molar-refractivity contribution is 5.79. The molecule has 130 valence electrons. The first-order chi connectivity index (χ1) is 11.2. The quantitative estimate of drug-likeness (QED) is 0.644. The molecule has 3 fully saturated rings. The van der Waals surface area contributed by atoms with Crippen molar-refractivity contribution in [1.82, 2.24) is 10.6 Å². The Labute approximate surface area is 137 Å². The minimum atomic E-state index is -0.408. The number of aliphatic hydroxyl groups excluding tert-OH is 1. The van der Waals surface area contributed by atoms with Crippen LogP contribution in [0.3, 0.4) is 0 Å². The number of ether oxygens (including phenoxy) is 1. The van der Waals surface area contributed by atoms with E-state index in [1.54, 1.807) is 0 Å². The zero-order valence-electron chi connectivity index (χ0n) is 13.6. The molecule has 2 saturated carbocycles. The van der Waals surface area contributed by atoms with Crippen molar-refractivity contribution < 1.29 is 19.4 Å². The van der Waals surface area contributed by atoms with Gasteiger partial charge in [0.25, 0.3) is 0 Å². The molecule has 1 heterocycles. The van der Waals surface area contributed by atoms with E-state index >= 15 is 0 Å². The number of carbonyl (C=O) groups excluding carboxylic acids is 2. The third-order valence-corrected chi connectivity index (χ3v) is 5.30. The van der Waals surface area contributed by atoms with Crippen LogP contribution in [0.1, 0.15) is 51.4 Å². The number of hydrogen-bond acceptors (Lipinski definition) is 4. The maximum atomic E-state index is 12.1. The first-order valence-corrected chi connectivity index (χ1v) is 8.99. The number of rotatable bonds is 7. The van der Waals surface area contributed by atoms with Crippen molar-refractivity contribution in [2.75, 3.05) is 13.2 Å². The average Bonchev–Trinajstić information content (AvgIpc) is 3.29. The second-order valence-corrected chi connectivity index (χ2v) is 7.25. The standard InChI is InChI=1S/C17H28N2O4/c20-10-15-14(19-17(22)12-2-1-3-12)7-6-13(23-15)8-16(21)18-9-11-4-5-11/h11-15,20H,1-10H2,(H,18,21)(H,19,22)/t13-,14-,15+/m1/s1. The maximum absolute atomic E-state index is 12.1. The van der Waals surface area contributed by atoms with Gasteiger partial charge in [-0.05, 0) is 44.4 Å². The molecule has 0 radical (unpaired) electrons. The molecule has 0 aromatic rings.